The summed E-state index contributed by atoms with van der Waals surface area (Å²) in [6.45, 7) is 6.98. The van der Waals surface area contributed by atoms with E-state index in [0.717, 1.165) is 12.6 Å². The number of nitrogens with zero attached hydrogens (tertiary/aromatic N) is 1. The van der Waals surface area contributed by atoms with Gasteiger partial charge in [-0.2, -0.15) is 0 Å². The molecule has 0 amide bonds. The van der Waals surface area contributed by atoms with E-state index >= 15 is 0 Å². The zero-order valence-electron chi connectivity index (χ0n) is 10.1. The van der Waals surface area contributed by atoms with Crippen LogP contribution in [0.1, 0.15) is 31.1 Å². The van der Waals surface area contributed by atoms with Gasteiger partial charge in [-0.3, -0.25) is 4.90 Å². The average molecular weight is 238 g/mol. The van der Waals surface area contributed by atoms with Crippen molar-refractivity contribution >= 4 is 11.3 Å². The molecule has 1 aromatic rings. The van der Waals surface area contributed by atoms with Crippen LogP contribution in [-0.2, 0) is 6.54 Å². The van der Waals surface area contributed by atoms with Crippen LogP contribution in [0.25, 0.3) is 0 Å². The molecule has 90 valence electrons. The van der Waals surface area contributed by atoms with Crippen LogP contribution in [0.15, 0.2) is 17.5 Å². The summed E-state index contributed by atoms with van der Waals surface area (Å²) in [4.78, 5) is 4.14. The van der Waals surface area contributed by atoms with Crippen LogP contribution in [0.3, 0.4) is 0 Å². The second-order valence-electron chi connectivity index (χ2n) is 4.48. The van der Waals surface area contributed by atoms with Crippen molar-refractivity contribution in [2.45, 2.75) is 38.8 Å². The largest absolute Gasteiger partial charge is 0.317 e. The van der Waals surface area contributed by atoms with Gasteiger partial charge < -0.3 is 5.32 Å². The Bertz CT molecular complexity index is 276. The Balaban J connectivity index is 1.92. The summed E-state index contributed by atoms with van der Waals surface area (Å²) < 4.78 is 0. The molecule has 1 aliphatic heterocycles. The standard InChI is InChI=1S/C13H22N2S/c1-2-15(11-13-6-4-10-16-13)12-5-3-8-14-9-7-12/h4,6,10,12,14H,2-3,5,7-9,11H2,1H3. The van der Waals surface area contributed by atoms with Gasteiger partial charge in [-0.05, 0) is 50.3 Å². The van der Waals surface area contributed by atoms with Crippen molar-refractivity contribution in [3.8, 4) is 0 Å². The SMILES string of the molecule is CCN(Cc1cccs1)C1CCCNCC1. The molecule has 1 atom stereocenters. The fourth-order valence-electron chi connectivity index (χ4n) is 2.47. The molecule has 0 bridgehead atoms. The van der Waals surface area contributed by atoms with Crippen LogP contribution in [0, 0.1) is 0 Å². The van der Waals surface area contributed by atoms with E-state index in [4.69, 9.17) is 0 Å². The Hall–Kier alpha value is -0.380. The Morgan fingerprint density at radius 3 is 3.12 bits per heavy atom. The summed E-state index contributed by atoms with van der Waals surface area (Å²) in [7, 11) is 0. The maximum atomic E-state index is 3.49. The van der Waals surface area contributed by atoms with Crippen molar-refractivity contribution in [1.82, 2.24) is 10.2 Å². The molecule has 1 unspecified atom stereocenters. The van der Waals surface area contributed by atoms with E-state index in [1.165, 1.54) is 43.8 Å². The fourth-order valence-corrected chi connectivity index (χ4v) is 3.20. The molecule has 0 aliphatic carbocycles. The topological polar surface area (TPSA) is 15.3 Å². The highest BCUT2D eigenvalue weighted by Gasteiger charge is 2.18. The first-order valence-corrected chi connectivity index (χ1v) is 7.25. The predicted molar refractivity (Wildman–Crippen MR) is 70.9 cm³/mol. The Morgan fingerprint density at radius 1 is 1.44 bits per heavy atom. The van der Waals surface area contributed by atoms with Crippen molar-refractivity contribution in [1.29, 1.82) is 0 Å². The number of rotatable bonds is 4. The highest BCUT2D eigenvalue weighted by Crippen LogP contribution is 2.18. The molecule has 2 heterocycles. The molecule has 1 aliphatic rings. The maximum Gasteiger partial charge on any atom is 0.0330 e. The van der Waals surface area contributed by atoms with Crippen LogP contribution < -0.4 is 5.32 Å². The molecular weight excluding hydrogens is 216 g/mol. The van der Waals surface area contributed by atoms with Gasteiger partial charge in [-0.25, -0.2) is 0 Å². The van der Waals surface area contributed by atoms with E-state index in [-0.39, 0.29) is 0 Å². The third kappa shape index (κ3) is 3.30. The molecule has 0 aromatic carbocycles. The first-order valence-electron chi connectivity index (χ1n) is 6.37. The third-order valence-corrected chi connectivity index (χ3v) is 4.27. The molecular formula is C13H22N2S. The first kappa shape index (κ1) is 12.1. The van der Waals surface area contributed by atoms with Crippen LogP contribution in [0.5, 0.6) is 0 Å². The number of thiophene rings is 1. The third-order valence-electron chi connectivity index (χ3n) is 3.41. The minimum Gasteiger partial charge on any atom is -0.317 e. The molecule has 1 saturated heterocycles. The van der Waals surface area contributed by atoms with Gasteiger partial charge in [0.15, 0.2) is 0 Å². The van der Waals surface area contributed by atoms with Gasteiger partial charge in [0.25, 0.3) is 0 Å². The lowest BCUT2D eigenvalue weighted by Crippen LogP contribution is -2.35. The van der Waals surface area contributed by atoms with Crippen molar-refractivity contribution in [2.24, 2.45) is 0 Å². The van der Waals surface area contributed by atoms with Gasteiger partial charge in [0.2, 0.25) is 0 Å². The Labute approximate surface area is 103 Å². The molecule has 0 spiro atoms. The van der Waals surface area contributed by atoms with Gasteiger partial charge >= 0.3 is 0 Å². The van der Waals surface area contributed by atoms with Crippen LogP contribution in [0.2, 0.25) is 0 Å². The average Bonchev–Trinajstić information content (AvgIpc) is 2.67. The number of hydrogen-bond donors (Lipinski definition) is 1. The quantitative estimate of drug-likeness (QED) is 0.867. The van der Waals surface area contributed by atoms with Gasteiger partial charge in [-0.15, -0.1) is 11.3 Å². The fraction of sp³-hybridized carbons (Fsp3) is 0.692. The molecule has 16 heavy (non-hydrogen) atoms. The van der Waals surface area contributed by atoms with Crippen LogP contribution in [0.4, 0.5) is 0 Å². The van der Waals surface area contributed by atoms with Crippen molar-refractivity contribution < 1.29 is 0 Å². The smallest absolute Gasteiger partial charge is 0.0330 e. The van der Waals surface area contributed by atoms with Gasteiger partial charge in [0.1, 0.15) is 0 Å². The molecule has 2 rings (SSSR count). The van der Waals surface area contributed by atoms with Crippen LogP contribution in [-0.4, -0.2) is 30.6 Å². The molecule has 0 radical (unpaired) electrons. The van der Waals surface area contributed by atoms with Crippen molar-refractivity contribution in [2.75, 3.05) is 19.6 Å². The van der Waals surface area contributed by atoms with E-state index in [1.807, 2.05) is 11.3 Å². The summed E-state index contributed by atoms with van der Waals surface area (Å²) in [6, 6.07) is 5.19. The summed E-state index contributed by atoms with van der Waals surface area (Å²) in [6.07, 6.45) is 3.98. The van der Waals surface area contributed by atoms with Gasteiger partial charge in [0.05, 0.1) is 0 Å². The lowest BCUT2D eigenvalue weighted by molar-refractivity contribution is 0.184. The van der Waals surface area contributed by atoms with E-state index in [2.05, 4.69) is 34.7 Å². The summed E-state index contributed by atoms with van der Waals surface area (Å²) in [5, 5.41) is 5.67. The van der Waals surface area contributed by atoms with Crippen LogP contribution >= 0.6 is 11.3 Å². The normalized spacial score (nSPS) is 22.2. The highest BCUT2D eigenvalue weighted by atomic mass is 32.1. The lowest BCUT2D eigenvalue weighted by Gasteiger charge is -2.29. The zero-order chi connectivity index (χ0) is 11.2. The molecule has 3 heteroatoms. The second kappa shape index (κ2) is 6.38. The van der Waals surface area contributed by atoms with E-state index < -0.39 is 0 Å². The monoisotopic (exact) mass is 238 g/mol. The van der Waals surface area contributed by atoms with Gasteiger partial charge in [-0.1, -0.05) is 13.0 Å². The Morgan fingerprint density at radius 2 is 2.38 bits per heavy atom. The van der Waals surface area contributed by atoms with E-state index in [1.54, 1.807) is 0 Å². The zero-order valence-corrected chi connectivity index (χ0v) is 10.9. The summed E-state index contributed by atoms with van der Waals surface area (Å²) in [5.74, 6) is 0. The maximum absolute atomic E-state index is 3.49. The summed E-state index contributed by atoms with van der Waals surface area (Å²) in [5.41, 5.74) is 0. The van der Waals surface area contributed by atoms with Crippen molar-refractivity contribution in [3.05, 3.63) is 22.4 Å². The van der Waals surface area contributed by atoms with E-state index in [9.17, 15) is 0 Å². The minimum atomic E-state index is 0.780. The highest BCUT2D eigenvalue weighted by molar-refractivity contribution is 7.09. The number of hydrogen-bond acceptors (Lipinski definition) is 3. The molecule has 0 saturated carbocycles. The first-order chi connectivity index (χ1) is 7.90. The minimum absolute atomic E-state index is 0.780. The lowest BCUT2D eigenvalue weighted by atomic mass is 10.1. The van der Waals surface area contributed by atoms with E-state index in [0.29, 0.717) is 0 Å². The molecule has 2 nitrogen and oxygen atoms in total. The molecule has 1 N–H and O–H groups in total. The number of nitrogens with one attached hydrogen (secondary N) is 1. The second-order valence-corrected chi connectivity index (χ2v) is 5.51. The summed E-state index contributed by atoms with van der Waals surface area (Å²) >= 11 is 1.88. The molecule has 1 aromatic heterocycles. The predicted octanol–water partition coefficient (Wildman–Crippen LogP) is 2.71. The Kier molecular flexibility index (Phi) is 4.82. The van der Waals surface area contributed by atoms with Gasteiger partial charge in [0, 0.05) is 17.5 Å². The van der Waals surface area contributed by atoms with Crippen molar-refractivity contribution in [3.63, 3.8) is 0 Å². The molecule has 1 fully saturated rings.